The smallest absolute Gasteiger partial charge is 0.128 e. The maximum absolute atomic E-state index is 6.29. The van der Waals surface area contributed by atoms with Gasteiger partial charge in [0.15, 0.2) is 0 Å². The van der Waals surface area contributed by atoms with Gasteiger partial charge in [0, 0.05) is 33.3 Å². The van der Waals surface area contributed by atoms with Gasteiger partial charge in [-0.1, -0.05) is 41.4 Å². The summed E-state index contributed by atoms with van der Waals surface area (Å²) in [5.74, 6) is 0.921. The zero-order valence-corrected chi connectivity index (χ0v) is 11.7. The van der Waals surface area contributed by atoms with Gasteiger partial charge in [0.1, 0.15) is 5.84 Å². The summed E-state index contributed by atoms with van der Waals surface area (Å²) in [5.41, 5.74) is 2.91. The topological polar surface area (TPSA) is 24.4 Å². The molecule has 1 heterocycles. The lowest BCUT2D eigenvalue weighted by atomic mass is 10.0. The highest BCUT2D eigenvalue weighted by atomic mass is 35.5. The molecule has 0 unspecified atom stereocenters. The van der Waals surface area contributed by atoms with Gasteiger partial charge in [0.2, 0.25) is 0 Å². The molecule has 1 aliphatic rings. The molecule has 0 bridgehead atoms. The van der Waals surface area contributed by atoms with E-state index in [1.54, 1.807) is 0 Å². The zero-order chi connectivity index (χ0) is 13.2. The molecule has 2 nitrogen and oxygen atoms in total. The van der Waals surface area contributed by atoms with Crippen LogP contribution in [-0.2, 0) is 0 Å². The maximum Gasteiger partial charge on any atom is 0.128 e. The van der Waals surface area contributed by atoms with Crippen molar-refractivity contribution < 1.29 is 0 Å². The summed E-state index contributed by atoms with van der Waals surface area (Å²) >= 11 is 12.5. The Kier molecular flexibility index (Phi) is 3.45. The Bertz CT molecular complexity index is 650. The molecule has 0 fully saturated rings. The predicted octanol–water partition coefficient (Wildman–Crippen LogP) is 4.01. The average Bonchev–Trinajstić information content (AvgIpc) is 2.94. The van der Waals surface area contributed by atoms with E-state index in [-0.39, 0.29) is 0 Å². The summed E-state index contributed by atoms with van der Waals surface area (Å²) < 4.78 is 0. The molecule has 0 radical (unpaired) electrons. The Morgan fingerprint density at radius 2 is 1.74 bits per heavy atom. The average molecular weight is 291 g/mol. The lowest BCUT2D eigenvalue weighted by molar-refractivity contribution is 0.960. The van der Waals surface area contributed by atoms with Crippen LogP contribution >= 0.6 is 23.2 Å². The van der Waals surface area contributed by atoms with Crippen LogP contribution in [0.2, 0.25) is 10.0 Å². The molecule has 0 saturated carbocycles. The van der Waals surface area contributed by atoms with Crippen molar-refractivity contribution in [3.05, 3.63) is 58.1 Å². The van der Waals surface area contributed by atoms with Crippen molar-refractivity contribution in [3.8, 4) is 11.1 Å². The summed E-state index contributed by atoms with van der Waals surface area (Å²) in [6.07, 6.45) is 0. The molecule has 3 rings (SSSR count). The monoisotopic (exact) mass is 290 g/mol. The van der Waals surface area contributed by atoms with Crippen molar-refractivity contribution in [3.63, 3.8) is 0 Å². The summed E-state index contributed by atoms with van der Waals surface area (Å²) in [7, 11) is 0. The number of amidine groups is 1. The second-order valence-electron chi connectivity index (χ2n) is 4.33. The normalized spacial score (nSPS) is 14.1. The van der Waals surface area contributed by atoms with Gasteiger partial charge < -0.3 is 5.32 Å². The number of nitrogens with zero attached hydrogens (tertiary/aromatic N) is 1. The van der Waals surface area contributed by atoms with Gasteiger partial charge in [-0.2, -0.15) is 0 Å². The fourth-order valence-corrected chi connectivity index (χ4v) is 2.61. The predicted molar refractivity (Wildman–Crippen MR) is 81.3 cm³/mol. The number of rotatable bonds is 2. The Morgan fingerprint density at radius 1 is 0.947 bits per heavy atom. The van der Waals surface area contributed by atoms with E-state index in [9.17, 15) is 0 Å². The van der Waals surface area contributed by atoms with Crippen LogP contribution in [0.25, 0.3) is 11.1 Å². The first-order valence-electron chi connectivity index (χ1n) is 6.09. The number of nitrogens with one attached hydrogen (secondary N) is 1. The van der Waals surface area contributed by atoms with Gasteiger partial charge in [-0.25, -0.2) is 0 Å². The summed E-state index contributed by atoms with van der Waals surface area (Å²) in [5, 5.41) is 4.65. The highest BCUT2D eigenvalue weighted by Gasteiger charge is 2.12. The van der Waals surface area contributed by atoms with Gasteiger partial charge >= 0.3 is 0 Å². The van der Waals surface area contributed by atoms with E-state index in [2.05, 4.69) is 10.3 Å². The number of benzene rings is 2. The van der Waals surface area contributed by atoms with Crippen LogP contribution in [-0.4, -0.2) is 18.9 Å². The number of hydrogen-bond donors (Lipinski definition) is 1. The third-order valence-corrected chi connectivity index (χ3v) is 3.74. The van der Waals surface area contributed by atoms with E-state index in [0.717, 1.165) is 35.6 Å². The summed E-state index contributed by atoms with van der Waals surface area (Å²) in [6.45, 7) is 1.71. The molecule has 0 aromatic heterocycles. The van der Waals surface area contributed by atoms with Crippen LogP contribution in [0.15, 0.2) is 47.5 Å². The van der Waals surface area contributed by atoms with E-state index in [4.69, 9.17) is 23.2 Å². The van der Waals surface area contributed by atoms with Crippen LogP contribution in [0.3, 0.4) is 0 Å². The van der Waals surface area contributed by atoms with Crippen molar-refractivity contribution in [1.29, 1.82) is 0 Å². The van der Waals surface area contributed by atoms with Crippen molar-refractivity contribution in [2.24, 2.45) is 4.99 Å². The van der Waals surface area contributed by atoms with Crippen LogP contribution < -0.4 is 5.32 Å². The summed E-state index contributed by atoms with van der Waals surface area (Å²) in [4.78, 5) is 4.42. The van der Waals surface area contributed by atoms with Crippen molar-refractivity contribution in [1.82, 2.24) is 5.32 Å². The molecule has 1 N–H and O–H groups in total. The second-order valence-corrected chi connectivity index (χ2v) is 5.15. The third-order valence-electron chi connectivity index (χ3n) is 3.08. The van der Waals surface area contributed by atoms with Gasteiger partial charge in [0.25, 0.3) is 0 Å². The molecule has 1 aliphatic heterocycles. The molecule has 0 spiro atoms. The first-order valence-corrected chi connectivity index (χ1v) is 6.84. The molecule has 2 aromatic rings. The van der Waals surface area contributed by atoms with E-state index in [1.165, 1.54) is 0 Å². The van der Waals surface area contributed by atoms with Gasteiger partial charge in [-0.15, -0.1) is 0 Å². The van der Waals surface area contributed by atoms with Crippen molar-refractivity contribution >= 4 is 29.0 Å². The van der Waals surface area contributed by atoms with Crippen LogP contribution in [0.4, 0.5) is 0 Å². The lowest BCUT2D eigenvalue weighted by Crippen LogP contribution is -2.19. The fraction of sp³-hybridized carbons (Fsp3) is 0.133. The molecule has 0 aliphatic carbocycles. The van der Waals surface area contributed by atoms with Crippen LogP contribution in [0.5, 0.6) is 0 Å². The number of halogens is 2. The minimum atomic E-state index is 0.690. The lowest BCUT2D eigenvalue weighted by Gasteiger charge is -2.10. The fourth-order valence-electron chi connectivity index (χ4n) is 2.15. The first-order chi connectivity index (χ1) is 9.25. The van der Waals surface area contributed by atoms with Crippen molar-refractivity contribution in [2.75, 3.05) is 13.1 Å². The Hall–Kier alpha value is -1.51. The minimum Gasteiger partial charge on any atom is -0.368 e. The van der Waals surface area contributed by atoms with E-state index in [1.807, 2.05) is 42.5 Å². The maximum atomic E-state index is 6.29. The molecule has 19 heavy (non-hydrogen) atoms. The van der Waals surface area contributed by atoms with Crippen molar-refractivity contribution in [2.45, 2.75) is 0 Å². The minimum absolute atomic E-state index is 0.690. The largest absolute Gasteiger partial charge is 0.368 e. The standard InChI is InChI=1S/C15H12Cl2N2/c16-13-4-2-1-3-11(13)12-9-10(5-6-14(12)17)15-18-7-8-19-15/h1-6,9H,7-8H2,(H,18,19). The van der Waals surface area contributed by atoms with Gasteiger partial charge in [-0.3, -0.25) is 4.99 Å². The highest BCUT2D eigenvalue weighted by molar-refractivity contribution is 6.36. The Labute approximate surface area is 122 Å². The van der Waals surface area contributed by atoms with Crippen LogP contribution in [0.1, 0.15) is 5.56 Å². The van der Waals surface area contributed by atoms with Crippen LogP contribution in [0, 0.1) is 0 Å². The Morgan fingerprint density at radius 3 is 2.47 bits per heavy atom. The molecular formula is C15H12Cl2N2. The molecule has 0 saturated heterocycles. The molecular weight excluding hydrogens is 279 g/mol. The molecule has 0 amide bonds. The van der Waals surface area contributed by atoms with Gasteiger partial charge in [-0.05, 0) is 24.3 Å². The molecule has 96 valence electrons. The quantitative estimate of drug-likeness (QED) is 0.888. The summed E-state index contributed by atoms with van der Waals surface area (Å²) in [6, 6.07) is 13.6. The number of hydrogen-bond acceptors (Lipinski definition) is 2. The Balaban J connectivity index is 2.11. The molecule has 4 heteroatoms. The van der Waals surface area contributed by atoms with E-state index in [0.29, 0.717) is 10.0 Å². The molecule has 0 atom stereocenters. The van der Waals surface area contributed by atoms with E-state index >= 15 is 0 Å². The third kappa shape index (κ3) is 2.46. The SMILES string of the molecule is Clc1ccccc1-c1cc(C2=NCCN2)ccc1Cl. The first kappa shape index (κ1) is 12.5. The highest BCUT2D eigenvalue weighted by Crippen LogP contribution is 2.33. The molecule has 2 aromatic carbocycles. The number of aliphatic imine (C=N–C) groups is 1. The van der Waals surface area contributed by atoms with E-state index < -0.39 is 0 Å². The van der Waals surface area contributed by atoms with Gasteiger partial charge in [0.05, 0.1) is 6.54 Å². The zero-order valence-electron chi connectivity index (χ0n) is 10.2. The second kappa shape index (κ2) is 5.24.